The van der Waals surface area contributed by atoms with E-state index >= 15 is 0 Å². The molecule has 1 aliphatic heterocycles. The molecule has 2 fully saturated rings. The van der Waals surface area contributed by atoms with E-state index in [-0.39, 0.29) is 18.2 Å². The van der Waals surface area contributed by atoms with Crippen LogP contribution in [0.4, 0.5) is 9.59 Å². The van der Waals surface area contributed by atoms with Gasteiger partial charge in [0.2, 0.25) is 0 Å². The number of piperidine rings is 1. The number of carbonyl (C=O) groups excluding carboxylic acids is 2. The van der Waals surface area contributed by atoms with Gasteiger partial charge in [0.25, 0.3) is 0 Å². The molecule has 0 atom stereocenters. The van der Waals surface area contributed by atoms with Gasteiger partial charge in [0.1, 0.15) is 12.2 Å². The minimum absolute atomic E-state index is 0.0985. The average molecular weight is 373 g/mol. The molecule has 1 N–H and O–H groups in total. The summed E-state index contributed by atoms with van der Waals surface area (Å²) in [6, 6.07) is 9.61. The summed E-state index contributed by atoms with van der Waals surface area (Å²) in [7, 11) is 0. The maximum absolute atomic E-state index is 12.6. The van der Waals surface area contributed by atoms with Crippen LogP contribution in [0.2, 0.25) is 0 Å². The lowest BCUT2D eigenvalue weighted by molar-refractivity contribution is 0.0528. The summed E-state index contributed by atoms with van der Waals surface area (Å²) in [5.74, 6) is 0. The van der Waals surface area contributed by atoms with E-state index in [1.165, 1.54) is 0 Å². The van der Waals surface area contributed by atoms with Gasteiger partial charge in [0, 0.05) is 5.54 Å². The first-order valence-electron chi connectivity index (χ1n) is 9.30. The van der Waals surface area contributed by atoms with Crippen molar-refractivity contribution in [3.63, 3.8) is 0 Å². The molecular weight excluding hydrogens is 346 g/mol. The molecule has 1 aromatic rings. The van der Waals surface area contributed by atoms with Gasteiger partial charge in [-0.15, -0.1) is 0 Å². The highest BCUT2D eigenvalue weighted by Gasteiger charge is 2.53. The SMILES string of the molecule is CC(C)(C)OC(=O)N/N=C1\CCC2(CC2)N(C(=O)OCc2ccccc2)C1. The molecule has 1 aromatic carbocycles. The first kappa shape index (κ1) is 19.2. The highest BCUT2D eigenvalue weighted by atomic mass is 16.6. The highest BCUT2D eigenvalue weighted by molar-refractivity contribution is 5.91. The Kier molecular flexibility index (Phi) is 5.39. The van der Waals surface area contributed by atoms with E-state index < -0.39 is 11.7 Å². The monoisotopic (exact) mass is 373 g/mol. The van der Waals surface area contributed by atoms with Crippen molar-refractivity contribution in [1.82, 2.24) is 10.3 Å². The molecule has 1 saturated carbocycles. The van der Waals surface area contributed by atoms with Crippen LogP contribution in [0, 0.1) is 0 Å². The number of nitrogens with zero attached hydrogens (tertiary/aromatic N) is 2. The van der Waals surface area contributed by atoms with Crippen molar-refractivity contribution in [2.75, 3.05) is 6.54 Å². The fourth-order valence-electron chi connectivity index (χ4n) is 3.18. The summed E-state index contributed by atoms with van der Waals surface area (Å²) in [6.07, 6.45) is 2.63. The second-order valence-corrected chi connectivity index (χ2v) is 8.14. The van der Waals surface area contributed by atoms with E-state index in [0.29, 0.717) is 6.54 Å². The normalized spacial score (nSPS) is 19.7. The van der Waals surface area contributed by atoms with Crippen molar-refractivity contribution in [2.45, 2.75) is 64.2 Å². The Labute approximate surface area is 159 Å². The van der Waals surface area contributed by atoms with Crippen LogP contribution in [0.1, 0.15) is 52.0 Å². The molecule has 7 heteroatoms. The van der Waals surface area contributed by atoms with Crippen LogP contribution in [0.15, 0.2) is 35.4 Å². The third kappa shape index (κ3) is 5.21. The van der Waals surface area contributed by atoms with Crippen molar-refractivity contribution in [2.24, 2.45) is 5.10 Å². The van der Waals surface area contributed by atoms with Crippen LogP contribution < -0.4 is 5.43 Å². The summed E-state index contributed by atoms with van der Waals surface area (Å²) >= 11 is 0. The van der Waals surface area contributed by atoms with Crippen molar-refractivity contribution in [3.05, 3.63) is 35.9 Å². The Balaban J connectivity index is 1.57. The lowest BCUT2D eigenvalue weighted by Crippen LogP contribution is -2.49. The largest absolute Gasteiger partial charge is 0.445 e. The van der Waals surface area contributed by atoms with Crippen LogP contribution >= 0.6 is 0 Å². The highest BCUT2D eigenvalue weighted by Crippen LogP contribution is 2.48. The van der Waals surface area contributed by atoms with Crippen molar-refractivity contribution in [3.8, 4) is 0 Å². The molecule has 0 radical (unpaired) electrons. The minimum Gasteiger partial charge on any atom is -0.445 e. The second kappa shape index (κ2) is 7.58. The number of ether oxygens (including phenoxy) is 2. The number of benzene rings is 1. The van der Waals surface area contributed by atoms with Crippen molar-refractivity contribution < 1.29 is 19.1 Å². The number of amides is 2. The van der Waals surface area contributed by atoms with E-state index in [9.17, 15) is 9.59 Å². The first-order chi connectivity index (χ1) is 12.8. The van der Waals surface area contributed by atoms with E-state index in [1.54, 1.807) is 25.7 Å². The first-order valence-corrected chi connectivity index (χ1v) is 9.30. The summed E-state index contributed by atoms with van der Waals surface area (Å²) in [5.41, 5.74) is 3.44. The van der Waals surface area contributed by atoms with Gasteiger partial charge < -0.3 is 9.47 Å². The standard InChI is InChI=1S/C20H27N3O4/c1-19(2,3)27-17(24)22-21-16-9-10-20(11-12-20)23(13-16)18(25)26-14-15-7-5-4-6-8-15/h4-8H,9-14H2,1-3H3,(H,22,24)/b21-16+. The van der Waals surface area contributed by atoms with Crippen molar-refractivity contribution in [1.29, 1.82) is 0 Å². The molecule has 146 valence electrons. The molecular formula is C20H27N3O4. The summed E-state index contributed by atoms with van der Waals surface area (Å²) < 4.78 is 10.7. The van der Waals surface area contributed by atoms with Crippen LogP contribution in [-0.4, -0.2) is 40.5 Å². The predicted octanol–water partition coefficient (Wildman–Crippen LogP) is 3.83. The second-order valence-electron chi connectivity index (χ2n) is 8.14. The summed E-state index contributed by atoms with van der Waals surface area (Å²) in [6.45, 7) is 5.99. The molecule has 2 aliphatic rings. The molecule has 3 rings (SSSR count). The number of carbonyl (C=O) groups is 2. The third-order valence-corrected chi connectivity index (χ3v) is 4.75. The van der Waals surface area contributed by atoms with Gasteiger partial charge >= 0.3 is 12.2 Å². The predicted molar refractivity (Wildman–Crippen MR) is 101 cm³/mol. The summed E-state index contributed by atoms with van der Waals surface area (Å²) in [4.78, 5) is 26.2. The van der Waals surface area contributed by atoms with E-state index in [1.807, 2.05) is 30.3 Å². The molecule has 1 heterocycles. The minimum atomic E-state index is -0.597. The molecule has 1 spiro atoms. The lowest BCUT2D eigenvalue weighted by Gasteiger charge is -2.36. The van der Waals surface area contributed by atoms with E-state index in [4.69, 9.17) is 9.47 Å². The molecule has 27 heavy (non-hydrogen) atoms. The molecule has 7 nitrogen and oxygen atoms in total. The Hall–Kier alpha value is -2.57. The Morgan fingerprint density at radius 1 is 1.19 bits per heavy atom. The van der Waals surface area contributed by atoms with E-state index in [2.05, 4.69) is 10.5 Å². The number of hydrogen-bond donors (Lipinski definition) is 1. The van der Waals surface area contributed by atoms with Crippen LogP contribution in [-0.2, 0) is 16.1 Å². The van der Waals surface area contributed by atoms with Gasteiger partial charge in [-0.2, -0.15) is 5.10 Å². The van der Waals surface area contributed by atoms with Crippen molar-refractivity contribution >= 4 is 17.9 Å². The Morgan fingerprint density at radius 2 is 1.89 bits per heavy atom. The zero-order chi connectivity index (χ0) is 19.5. The van der Waals surface area contributed by atoms with Crippen LogP contribution in [0.25, 0.3) is 0 Å². The fraction of sp³-hybridized carbons (Fsp3) is 0.550. The smallest absolute Gasteiger partial charge is 0.428 e. The van der Waals surface area contributed by atoms with Crippen LogP contribution in [0.3, 0.4) is 0 Å². The Bertz CT molecular complexity index is 720. The zero-order valence-corrected chi connectivity index (χ0v) is 16.2. The van der Waals surface area contributed by atoms with Gasteiger partial charge in [-0.25, -0.2) is 15.0 Å². The van der Waals surface area contributed by atoms with E-state index in [0.717, 1.165) is 37.0 Å². The van der Waals surface area contributed by atoms with Gasteiger partial charge in [-0.3, -0.25) is 4.90 Å². The molecule has 1 saturated heterocycles. The Morgan fingerprint density at radius 3 is 2.52 bits per heavy atom. The molecule has 0 aromatic heterocycles. The van der Waals surface area contributed by atoms with Gasteiger partial charge in [-0.05, 0) is 52.0 Å². The quantitative estimate of drug-likeness (QED) is 0.817. The number of rotatable bonds is 3. The maximum atomic E-state index is 12.6. The van der Waals surface area contributed by atoms with Gasteiger partial charge in [0.15, 0.2) is 0 Å². The topological polar surface area (TPSA) is 80.2 Å². The molecule has 2 amide bonds. The number of hydrazone groups is 1. The molecule has 0 bridgehead atoms. The average Bonchev–Trinajstić information content (AvgIpc) is 3.38. The zero-order valence-electron chi connectivity index (χ0n) is 16.2. The van der Waals surface area contributed by atoms with Crippen LogP contribution in [0.5, 0.6) is 0 Å². The molecule has 1 aliphatic carbocycles. The van der Waals surface area contributed by atoms with Gasteiger partial charge in [0.05, 0.1) is 12.3 Å². The number of likely N-dealkylation sites (tertiary alicyclic amines) is 1. The lowest BCUT2D eigenvalue weighted by atomic mass is 9.99. The van der Waals surface area contributed by atoms with Gasteiger partial charge in [-0.1, -0.05) is 30.3 Å². The fourth-order valence-corrected chi connectivity index (χ4v) is 3.18. The third-order valence-electron chi connectivity index (χ3n) is 4.75. The number of hydrogen-bond acceptors (Lipinski definition) is 5. The number of nitrogens with one attached hydrogen (secondary N) is 1. The summed E-state index contributed by atoms with van der Waals surface area (Å²) in [5, 5.41) is 4.15. The molecule has 0 unspecified atom stereocenters. The maximum Gasteiger partial charge on any atom is 0.428 e.